The van der Waals surface area contributed by atoms with E-state index in [1.807, 2.05) is 0 Å². The van der Waals surface area contributed by atoms with Gasteiger partial charge in [-0.15, -0.1) is 5.73 Å². The van der Waals surface area contributed by atoms with Crippen molar-refractivity contribution in [3.8, 4) is 0 Å². The molecule has 0 saturated heterocycles. The number of fused-ring (bicyclic) bond motifs is 1. The summed E-state index contributed by atoms with van der Waals surface area (Å²) in [6.07, 6.45) is 20.0. The smallest absolute Gasteiger partial charge is 0.199 e. The molecular formula is C36H44N3+. The van der Waals surface area contributed by atoms with Gasteiger partial charge >= 0.3 is 0 Å². The number of hydrogen-bond acceptors (Lipinski definition) is 2. The van der Waals surface area contributed by atoms with Crippen LogP contribution in [0.3, 0.4) is 0 Å². The van der Waals surface area contributed by atoms with E-state index in [2.05, 4.69) is 140 Å². The Labute approximate surface area is 236 Å². The van der Waals surface area contributed by atoms with Gasteiger partial charge in [-0.2, -0.15) is 0 Å². The number of benzene rings is 2. The van der Waals surface area contributed by atoms with Crippen LogP contribution in [0.15, 0.2) is 84.2 Å². The van der Waals surface area contributed by atoms with Crippen LogP contribution in [0.1, 0.15) is 69.7 Å². The summed E-state index contributed by atoms with van der Waals surface area (Å²) in [6.45, 7) is 16.0. The van der Waals surface area contributed by atoms with Crippen molar-refractivity contribution in [3.63, 3.8) is 0 Å². The van der Waals surface area contributed by atoms with Gasteiger partial charge in [0.25, 0.3) is 0 Å². The molecule has 0 radical (unpaired) electrons. The molecule has 0 heterocycles. The van der Waals surface area contributed by atoms with Gasteiger partial charge in [-0.25, -0.2) is 4.58 Å². The maximum Gasteiger partial charge on any atom is 0.199 e. The molecule has 2 aliphatic rings. The minimum Gasteiger partial charge on any atom is -0.385 e. The lowest BCUT2D eigenvalue weighted by atomic mass is 9.85. The van der Waals surface area contributed by atoms with Crippen LogP contribution in [0.4, 0.5) is 11.4 Å². The summed E-state index contributed by atoms with van der Waals surface area (Å²) in [5, 5.41) is 3.56. The lowest BCUT2D eigenvalue weighted by Gasteiger charge is -2.23. The van der Waals surface area contributed by atoms with E-state index in [0.717, 1.165) is 51.3 Å². The first kappa shape index (κ1) is 28.2. The van der Waals surface area contributed by atoms with E-state index in [-0.39, 0.29) is 0 Å². The van der Waals surface area contributed by atoms with Crippen LogP contribution >= 0.6 is 0 Å². The fourth-order valence-corrected chi connectivity index (χ4v) is 5.48. The second kappa shape index (κ2) is 13.8. The Morgan fingerprint density at radius 3 is 2.26 bits per heavy atom. The van der Waals surface area contributed by atoms with Crippen molar-refractivity contribution in [3.05, 3.63) is 106 Å². The molecule has 4 rings (SSSR count). The molecule has 0 aromatic heterocycles. The first-order valence-electron chi connectivity index (χ1n) is 14.7. The average molecular weight is 519 g/mol. The maximum absolute atomic E-state index is 3.56. The van der Waals surface area contributed by atoms with E-state index in [4.69, 9.17) is 0 Å². The summed E-state index contributed by atoms with van der Waals surface area (Å²) in [4.78, 5) is 2.39. The molecule has 0 bridgehead atoms. The lowest BCUT2D eigenvalue weighted by molar-refractivity contribution is -0.522. The Kier molecular flexibility index (Phi) is 10.00. The lowest BCUT2D eigenvalue weighted by Crippen LogP contribution is -2.21. The monoisotopic (exact) mass is 518 g/mol. The zero-order valence-corrected chi connectivity index (χ0v) is 24.4. The molecular weight excluding hydrogens is 474 g/mol. The molecule has 0 fully saturated rings. The molecule has 2 aromatic rings. The number of rotatable bonds is 10. The summed E-state index contributed by atoms with van der Waals surface area (Å²) in [6, 6.07) is 13.6. The predicted octanol–water partition coefficient (Wildman–Crippen LogP) is 8.36. The minimum absolute atomic E-state index is 0.879. The molecule has 1 N–H and O–H groups in total. The first-order valence-corrected chi connectivity index (χ1v) is 14.7. The molecule has 3 nitrogen and oxygen atoms in total. The summed E-state index contributed by atoms with van der Waals surface area (Å²) < 4.78 is 2.45. The summed E-state index contributed by atoms with van der Waals surface area (Å²) >= 11 is 0. The first-order chi connectivity index (χ1) is 19.1. The van der Waals surface area contributed by atoms with E-state index >= 15 is 0 Å². The highest BCUT2D eigenvalue weighted by atomic mass is 15.1. The summed E-state index contributed by atoms with van der Waals surface area (Å²) in [5.41, 5.74) is 14.5. The number of hydrogen-bond donors (Lipinski definition) is 1. The highest BCUT2D eigenvalue weighted by molar-refractivity contribution is 6.04. The van der Waals surface area contributed by atoms with Crippen LogP contribution in [0.2, 0.25) is 0 Å². The normalized spacial score (nSPS) is 13.8. The van der Waals surface area contributed by atoms with Gasteiger partial charge in [0.15, 0.2) is 5.71 Å². The highest BCUT2D eigenvalue weighted by Crippen LogP contribution is 2.37. The third-order valence-corrected chi connectivity index (χ3v) is 7.49. The van der Waals surface area contributed by atoms with E-state index in [1.165, 1.54) is 44.8 Å². The van der Waals surface area contributed by atoms with Crippen LogP contribution < -0.4 is 10.2 Å². The Hall–Kier alpha value is -3.81. The van der Waals surface area contributed by atoms with Crippen molar-refractivity contribution in [2.75, 3.05) is 42.9 Å². The van der Waals surface area contributed by atoms with E-state index in [1.54, 1.807) is 0 Å². The highest BCUT2D eigenvalue weighted by Gasteiger charge is 2.19. The van der Waals surface area contributed by atoms with Gasteiger partial charge in [0.2, 0.25) is 0 Å². The molecule has 202 valence electrons. The Balaban J connectivity index is 1.94. The van der Waals surface area contributed by atoms with Gasteiger partial charge in [0.1, 0.15) is 13.1 Å². The fraction of sp³-hybridized carbons (Fsp3) is 0.333. The fourth-order valence-electron chi connectivity index (χ4n) is 5.48. The molecule has 0 aliphatic heterocycles. The van der Waals surface area contributed by atoms with Gasteiger partial charge in [0.05, 0.1) is 0 Å². The summed E-state index contributed by atoms with van der Waals surface area (Å²) in [5.74, 6) is 0. The second-order valence-electron chi connectivity index (χ2n) is 9.89. The molecule has 2 aliphatic carbocycles. The third-order valence-electron chi connectivity index (χ3n) is 7.49. The Bertz CT molecular complexity index is 1350. The predicted molar refractivity (Wildman–Crippen MR) is 172 cm³/mol. The van der Waals surface area contributed by atoms with Crippen LogP contribution in [-0.4, -0.2) is 43.0 Å². The number of anilines is 2. The van der Waals surface area contributed by atoms with Crippen molar-refractivity contribution in [1.29, 1.82) is 0 Å². The van der Waals surface area contributed by atoms with Crippen molar-refractivity contribution < 1.29 is 4.58 Å². The van der Waals surface area contributed by atoms with E-state index in [9.17, 15) is 0 Å². The standard InChI is InChI=1S/C36H43N3/c1-6-27-39(10-5)31-23-19-29(20-24-31)36(28-17-21-30(22-18-28)38(8-3)9-4)34-25-26-35(37-7-2)33-16-14-12-11-13-15-32(33)34/h12-13,15-26H,6-11,27H2,1-5H3/p+1. The van der Waals surface area contributed by atoms with Gasteiger partial charge in [-0.05, 0) is 104 Å². The Morgan fingerprint density at radius 1 is 0.872 bits per heavy atom. The van der Waals surface area contributed by atoms with Gasteiger partial charge in [-0.1, -0.05) is 37.3 Å². The molecule has 39 heavy (non-hydrogen) atoms. The number of nitrogens with one attached hydrogen (secondary N) is 1. The van der Waals surface area contributed by atoms with Gasteiger partial charge in [0, 0.05) is 55.1 Å². The quantitative estimate of drug-likeness (QED) is 0.252. The van der Waals surface area contributed by atoms with E-state index in [0.29, 0.717) is 0 Å². The zero-order chi connectivity index (χ0) is 27.6. The number of nitrogens with zero attached hydrogens (tertiary/aromatic N) is 2. The van der Waals surface area contributed by atoms with Crippen LogP contribution in [0, 0.1) is 0 Å². The molecule has 0 spiro atoms. The molecule has 0 atom stereocenters. The van der Waals surface area contributed by atoms with Crippen LogP contribution in [-0.2, 0) is 0 Å². The van der Waals surface area contributed by atoms with Crippen molar-refractivity contribution in [1.82, 2.24) is 0 Å². The SMILES string of the molecule is CCC[N+](CC)=C1C=CC(=C(c2ccc(N(CC)CC)cc2)c2ccc(NCC)c3c2C=CCC=C=C3)C=C1. The molecule has 0 unspecified atom stereocenters. The minimum atomic E-state index is 0.879. The Morgan fingerprint density at radius 2 is 1.62 bits per heavy atom. The molecule has 0 saturated carbocycles. The second-order valence-corrected chi connectivity index (χ2v) is 9.89. The average Bonchev–Trinajstić information content (AvgIpc) is 2.95. The van der Waals surface area contributed by atoms with Crippen molar-refractivity contribution in [2.24, 2.45) is 0 Å². The molecule has 3 heteroatoms. The zero-order valence-electron chi connectivity index (χ0n) is 24.4. The summed E-state index contributed by atoms with van der Waals surface area (Å²) in [7, 11) is 0. The topological polar surface area (TPSA) is 18.3 Å². The maximum atomic E-state index is 3.56. The van der Waals surface area contributed by atoms with Crippen LogP contribution in [0.25, 0.3) is 17.7 Å². The van der Waals surface area contributed by atoms with Crippen molar-refractivity contribution >= 4 is 34.8 Å². The third kappa shape index (κ3) is 6.44. The molecule has 0 amide bonds. The van der Waals surface area contributed by atoms with E-state index < -0.39 is 0 Å². The van der Waals surface area contributed by atoms with Gasteiger partial charge in [-0.3, -0.25) is 0 Å². The van der Waals surface area contributed by atoms with Crippen molar-refractivity contribution in [2.45, 2.75) is 47.5 Å². The largest absolute Gasteiger partial charge is 0.385 e. The van der Waals surface area contributed by atoms with Gasteiger partial charge < -0.3 is 10.2 Å². The molecule has 2 aromatic carbocycles. The number of allylic oxidation sites excluding steroid dienone is 7. The van der Waals surface area contributed by atoms with Crippen LogP contribution in [0.5, 0.6) is 0 Å².